The van der Waals surface area contributed by atoms with E-state index in [4.69, 9.17) is 4.74 Å². The van der Waals surface area contributed by atoms with Crippen molar-refractivity contribution in [1.82, 2.24) is 24.7 Å². The van der Waals surface area contributed by atoms with Gasteiger partial charge in [-0.2, -0.15) is 0 Å². The first kappa shape index (κ1) is 24.3. The number of H-pyrrole nitrogens is 1. The number of ether oxygens (including phenoxy) is 1. The smallest absolute Gasteiger partial charge is 0.253 e. The highest BCUT2D eigenvalue weighted by atomic mass is 16.5. The Bertz CT molecular complexity index is 1260. The van der Waals surface area contributed by atoms with E-state index < -0.39 is 6.04 Å². The summed E-state index contributed by atoms with van der Waals surface area (Å²) in [5, 5.41) is 11.5. The molecule has 2 amide bonds. The third-order valence-electron chi connectivity index (χ3n) is 7.63. The van der Waals surface area contributed by atoms with Crippen molar-refractivity contribution in [3.8, 4) is 5.75 Å². The van der Waals surface area contributed by atoms with Crippen LogP contribution in [0.2, 0.25) is 0 Å². The predicted molar refractivity (Wildman–Crippen MR) is 136 cm³/mol. The Kier molecular flexibility index (Phi) is 6.44. The van der Waals surface area contributed by atoms with Crippen LogP contribution < -0.4 is 4.74 Å². The Morgan fingerprint density at radius 3 is 2.56 bits per heavy atom. The van der Waals surface area contributed by atoms with Gasteiger partial charge in [-0.1, -0.05) is 0 Å². The zero-order valence-electron chi connectivity index (χ0n) is 21.0. The number of benzene rings is 1. The average Bonchev–Trinajstić information content (AvgIpc) is 3.28. The number of likely N-dealkylation sites (tertiary alicyclic amines) is 1. The summed E-state index contributed by atoms with van der Waals surface area (Å²) >= 11 is 0. The summed E-state index contributed by atoms with van der Waals surface area (Å²) in [6, 6.07) is 9.00. The van der Waals surface area contributed by atoms with Gasteiger partial charge in [0.1, 0.15) is 5.75 Å². The fourth-order valence-corrected chi connectivity index (χ4v) is 5.85. The highest BCUT2D eigenvalue weighted by molar-refractivity contribution is 5.94. The van der Waals surface area contributed by atoms with Gasteiger partial charge >= 0.3 is 0 Å². The minimum Gasteiger partial charge on any atom is -0.497 e. The summed E-state index contributed by atoms with van der Waals surface area (Å²) in [4.78, 5) is 39.6. The van der Waals surface area contributed by atoms with E-state index in [1.165, 1.54) is 0 Å². The number of fused-ring (bicyclic) bond motifs is 4. The van der Waals surface area contributed by atoms with Crippen LogP contribution in [0.25, 0.3) is 10.9 Å². The molecule has 1 saturated heterocycles. The molecule has 9 nitrogen and oxygen atoms in total. The van der Waals surface area contributed by atoms with Crippen molar-refractivity contribution in [2.75, 3.05) is 54.0 Å². The second-order valence-electron chi connectivity index (χ2n) is 10.1. The molecule has 0 bridgehead atoms. The molecule has 1 atom stereocenters. The van der Waals surface area contributed by atoms with Gasteiger partial charge in [0, 0.05) is 65.7 Å². The number of aliphatic hydroxyl groups is 1. The molecule has 0 aliphatic carbocycles. The Morgan fingerprint density at radius 1 is 1.19 bits per heavy atom. The van der Waals surface area contributed by atoms with Crippen molar-refractivity contribution in [1.29, 1.82) is 0 Å². The third kappa shape index (κ3) is 4.12. The normalized spacial score (nSPS) is 19.1. The van der Waals surface area contributed by atoms with E-state index >= 15 is 0 Å². The summed E-state index contributed by atoms with van der Waals surface area (Å²) < 4.78 is 5.44. The molecule has 2 aromatic heterocycles. The molecular formula is C27H33N5O4. The van der Waals surface area contributed by atoms with Gasteiger partial charge in [-0.3, -0.25) is 14.6 Å². The molecule has 9 heteroatoms. The molecule has 1 fully saturated rings. The highest BCUT2D eigenvalue weighted by Crippen LogP contribution is 2.49. The van der Waals surface area contributed by atoms with E-state index in [-0.39, 0.29) is 30.4 Å². The SMILES string of the molecule is COc1ccc2c3c([nH]c2c1)[C@H](CO)N(C(=O)CN(C)C)CC31CCN(C(=O)c2ccncc2)CC1. The number of aromatic amines is 1. The van der Waals surface area contributed by atoms with Crippen LogP contribution in [0, 0.1) is 0 Å². The summed E-state index contributed by atoms with van der Waals surface area (Å²) in [6.45, 7) is 1.78. The van der Waals surface area contributed by atoms with Crippen LogP contribution in [0.1, 0.15) is 40.5 Å². The first-order valence-electron chi connectivity index (χ1n) is 12.3. The number of amides is 2. The molecule has 2 N–H and O–H groups in total. The molecule has 1 aromatic carbocycles. The molecule has 0 saturated carbocycles. The lowest BCUT2D eigenvalue weighted by Gasteiger charge is -2.50. The molecule has 3 aromatic rings. The Labute approximate surface area is 210 Å². The van der Waals surface area contributed by atoms with Gasteiger partial charge in [0.25, 0.3) is 5.91 Å². The molecule has 2 aliphatic heterocycles. The van der Waals surface area contributed by atoms with Crippen molar-refractivity contribution >= 4 is 22.7 Å². The van der Waals surface area contributed by atoms with Crippen molar-refractivity contribution in [3.05, 3.63) is 59.5 Å². The van der Waals surface area contributed by atoms with E-state index in [1.807, 2.05) is 40.9 Å². The van der Waals surface area contributed by atoms with E-state index in [2.05, 4.69) is 16.0 Å². The summed E-state index contributed by atoms with van der Waals surface area (Å²) in [6.07, 6.45) is 4.71. The van der Waals surface area contributed by atoms with Gasteiger partial charge in [-0.15, -0.1) is 0 Å². The topological polar surface area (TPSA) is 102 Å². The molecule has 0 unspecified atom stereocenters. The molecule has 1 spiro atoms. The van der Waals surface area contributed by atoms with Crippen LogP contribution in [-0.2, 0) is 10.2 Å². The highest BCUT2D eigenvalue weighted by Gasteiger charge is 2.49. The number of hydrogen-bond acceptors (Lipinski definition) is 6. The van der Waals surface area contributed by atoms with Gasteiger partial charge in [0.2, 0.25) is 5.91 Å². The minimum atomic E-state index is -0.451. The first-order chi connectivity index (χ1) is 17.4. The van der Waals surface area contributed by atoms with Crippen molar-refractivity contribution < 1.29 is 19.4 Å². The zero-order valence-corrected chi connectivity index (χ0v) is 21.0. The number of aromatic nitrogens is 2. The third-order valence-corrected chi connectivity index (χ3v) is 7.63. The molecule has 4 heterocycles. The predicted octanol–water partition coefficient (Wildman–Crippen LogP) is 2.18. The maximum absolute atomic E-state index is 13.4. The molecule has 2 aliphatic rings. The zero-order chi connectivity index (χ0) is 25.4. The largest absolute Gasteiger partial charge is 0.497 e. The fraction of sp³-hybridized carbons (Fsp3) is 0.444. The minimum absolute atomic E-state index is 0.000668. The van der Waals surface area contributed by atoms with Gasteiger partial charge in [-0.05, 0) is 56.8 Å². The number of likely N-dealkylation sites (N-methyl/N-ethyl adjacent to an activating group) is 1. The second-order valence-corrected chi connectivity index (χ2v) is 10.1. The van der Waals surface area contributed by atoms with Crippen LogP contribution in [0.15, 0.2) is 42.7 Å². The molecular weight excluding hydrogens is 458 g/mol. The molecule has 36 heavy (non-hydrogen) atoms. The van der Waals surface area contributed by atoms with E-state index in [1.54, 1.807) is 31.6 Å². The number of hydrogen-bond donors (Lipinski definition) is 2. The Hall–Kier alpha value is -3.43. The number of aliphatic hydroxyl groups excluding tert-OH is 1. The van der Waals surface area contributed by atoms with Gasteiger partial charge in [-0.25, -0.2) is 0 Å². The Morgan fingerprint density at radius 2 is 1.92 bits per heavy atom. The van der Waals surface area contributed by atoms with Crippen LogP contribution >= 0.6 is 0 Å². The maximum Gasteiger partial charge on any atom is 0.253 e. The van der Waals surface area contributed by atoms with Crippen LogP contribution in [0.4, 0.5) is 0 Å². The van der Waals surface area contributed by atoms with E-state index in [0.717, 1.165) is 40.8 Å². The molecule has 5 rings (SSSR count). The number of rotatable bonds is 5. The quantitative estimate of drug-likeness (QED) is 0.567. The van der Waals surface area contributed by atoms with Gasteiger partial charge < -0.3 is 29.5 Å². The summed E-state index contributed by atoms with van der Waals surface area (Å²) in [7, 11) is 5.38. The van der Waals surface area contributed by atoms with Crippen LogP contribution in [0.3, 0.4) is 0 Å². The summed E-state index contributed by atoms with van der Waals surface area (Å²) in [5.41, 5.74) is 3.27. The van der Waals surface area contributed by atoms with Crippen molar-refractivity contribution in [2.45, 2.75) is 24.3 Å². The maximum atomic E-state index is 13.4. The Balaban J connectivity index is 1.55. The second kappa shape index (κ2) is 9.55. The monoisotopic (exact) mass is 491 g/mol. The average molecular weight is 492 g/mol. The number of piperidine rings is 1. The van der Waals surface area contributed by atoms with Crippen LogP contribution in [0.5, 0.6) is 5.75 Å². The number of nitrogens with zero attached hydrogens (tertiary/aromatic N) is 4. The van der Waals surface area contributed by atoms with Crippen molar-refractivity contribution in [3.63, 3.8) is 0 Å². The number of pyridine rings is 1. The first-order valence-corrected chi connectivity index (χ1v) is 12.3. The van der Waals surface area contributed by atoms with Gasteiger partial charge in [0.15, 0.2) is 0 Å². The number of carbonyl (C=O) groups excluding carboxylic acids is 2. The van der Waals surface area contributed by atoms with Gasteiger partial charge in [0.05, 0.1) is 26.3 Å². The number of carbonyl (C=O) groups is 2. The van der Waals surface area contributed by atoms with Crippen LogP contribution in [-0.4, -0.2) is 95.6 Å². The summed E-state index contributed by atoms with van der Waals surface area (Å²) in [5.74, 6) is 0.727. The lowest BCUT2D eigenvalue weighted by Crippen LogP contribution is -2.56. The lowest BCUT2D eigenvalue weighted by atomic mass is 9.68. The number of methoxy groups -OCH3 is 1. The lowest BCUT2D eigenvalue weighted by molar-refractivity contribution is -0.138. The van der Waals surface area contributed by atoms with E-state index in [9.17, 15) is 14.7 Å². The standard InChI is InChI=1S/C27H33N5O4/c1-30(2)15-23(34)32-17-27(8-12-31(13-9-27)26(35)18-6-10-28-11-7-18)24-20-5-4-19(36-3)14-21(20)29-25(24)22(32)16-33/h4-7,10-11,14,22,29,33H,8-9,12-13,15-17H2,1-3H3/t22-/m0/s1. The molecule has 0 radical (unpaired) electrons. The fourth-order valence-electron chi connectivity index (χ4n) is 5.85. The van der Waals surface area contributed by atoms with Crippen molar-refractivity contribution in [2.24, 2.45) is 0 Å². The van der Waals surface area contributed by atoms with E-state index in [0.29, 0.717) is 25.2 Å². The number of nitrogens with one attached hydrogen (secondary N) is 1. The molecule has 190 valence electrons.